The summed E-state index contributed by atoms with van der Waals surface area (Å²) in [5, 5.41) is 8.11. The van der Waals surface area contributed by atoms with Gasteiger partial charge in [-0.1, -0.05) is 54.1 Å². The third kappa shape index (κ3) is 4.14. The summed E-state index contributed by atoms with van der Waals surface area (Å²) in [6.45, 7) is 8.56. The van der Waals surface area contributed by atoms with Gasteiger partial charge in [0.2, 0.25) is 0 Å². The molecule has 5 aromatic rings. The number of hydrogen-bond acceptors (Lipinski definition) is 4. The molecule has 172 valence electrons. The van der Waals surface area contributed by atoms with Crippen molar-refractivity contribution in [3.8, 4) is 11.3 Å². The van der Waals surface area contributed by atoms with Gasteiger partial charge in [0.15, 0.2) is 5.65 Å². The van der Waals surface area contributed by atoms with Crippen LogP contribution in [-0.2, 0) is 12.8 Å². The molecule has 5 rings (SSSR count). The molecule has 0 bridgehead atoms. The second kappa shape index (κ2) is 8.90. The first-order valence-electron chi connectivity index (χ1n) is 12.0. The van der Waals surface area contributed by atoms with Crippen molar-refractivity contribution < 1.29 is 0 Å². The molecule has 5 heteroatoms. The summed E-state index contributed by atoms with van der Waals surface area (Å²) >= 11 is 0. The Labute approximate surface area is 200 Å². The molecular weight excluding hydrogens is 418 g/mol. The smallest absolute Gasteiger partial charge is 0.164 e. The van der Waals surface area contributed by atoms with Crippen LogP contribution in [0.2, 0.25) is 0 Å². The minimum Gasteiger partial charge on any atom is -0.383 e. The van der Waals surface area contributed by atoms with Gasteiger partial charge in [-0.3, -0.25) is 0 Å². The lowest BCUT2D eigenvalue weighted by atomic mass is 9.97. The summed E-state index contributed by atoms with van der Waals surface area (Å²) < 4.78 is 1.92. The molecule has 2 aromatic heterocycles. The van der Waals surface area contributed by atoms with Gasteiger partial charge in [-0.15, -0.1) is 0 Å². The summed E-state index contributed by atoms with van der Waals surface area (Å²) in [5.74, 6) is 0.464. The van der Waals surface area contributed by atoms with Crippen molar-refractivity contribution in [3.05, 3.63) is 83.2 Å². The molecule has 3 aromatic carbocycles. The van der Waals surface area contributed by atoms with Crippen LogP contribution in [0.4, 0.5) is 5.82 Å². The second-order valence-electron chi connectivity index (χ2n) is 9.52. The fourth-order valence-electron chi connectivity index (χ4n) is 4.71. The molecule has 0 atom stereocenters. The Hall–Kier alpha value is -3.73. The van der Waals surface area contributed by atoms with Crippen LogP contribution in [0, 0.1) is 13.8 Å². The van der Waals surface area contributed by atoms with Gasteiger partial charge in [0.05, 0.1) is 5.39 Å². The van der Waals surface area contributed by atoms with E-state index in [4.69, 9.17) is 10.8 Å². The maximum atomic E-state index is 6.24. The number of nitrogen functional groups attached to an aromatic ring is 1. The summed E-state index contributed by atoms with van der Waals surface area (Å²) in [6.07, 6.45) is 4.83. The molecule has 2 N–H and O–H groups in total. The third-order valence-electron chi connectivity index (χ3n) is 6.60. The average Bonchev–Trinajstić information content (AvgIpc) is 3.22. The van der Waals surface area contributed by atoms with Gasteiger partial charge in [0.1, 0.15) is 17.8 Å². The van der Waals surface area contributed by atoms with Crippen LogP contribution in [0.3, 0.4) is 0 Å². The minimum atomic E-state index is 0.178. The van der Waals surface area contributed by atoms with E-state index in [-0.39, 0.29) is 6.04 Å². The molecule has 0 radical (unpaired) electrons. The van der Waals surface area contributed by atoms with Gasteiger partial charge in [-0.2, -0.15) is 5.10 Å². The number of aryl methyl sites for hydroxylation is 4. The number of nitrogens with zero attached hydrogens (tertiary/aromatic N) is 4. The van der Waals surface area contributed by atoms with E-state index in [0.29, 0.717) is 5.82 Å². The van der Waals surface area contributed by atoms with Crippen molar-refractivity contribution in [2.75, 3.05) is 5.73 Å². The molecule has 0 spiro atoms. The zero-order chi connectivity index (χ0) is 23.8. The third-order valence-corrected chi connectivity index (χ3v) is 6.60. The highest BCUT2D eigenvalue weighted by molar-refractivity contribution is 6.00. The lowest BCUT2D eigenvalue weighted by Gasteiger charge is -2.09. The Morgan fingerprint density at radius 3 is 2.50 bits per heavy atom. The van der Waals surface area contributed by atoms with Crippen LogP contribution in [0.25, 0.3) is 33.1 Å². The van der Waals surface area contributed by atoms with Gasteiger partial charge in [0, 0.05) is 11.6 Å². The van der Waals surface area contributed by atoms with Crippen molar-refractivity contribution in [2.45, 2.75) is 53.0 Å². The highest BCUT2D eigenvalue weighted by Crippen LogP contribution is 2.33. The number of rotatable bonds is 6. The summed E-state index contributed by atoms with van der Waals surface area (Å²) in [7, 11) is 0. The van der Waals surface area contributed by atoms with E-state index in [1.807, 2.05) is 4.68 Å². The fourth-order valence-corrected chi connectivity index (χ4v) is 4.71. The van der Waals surface area contributed by atoms with Crippen LogP contribution in [0.15, 0.2) is 60.9 Å². The first-order valence-corrected chi connectivity index (χ1v) is 12.0. The van der Waals surface area contributed by atoms with Crippen LogP contribution < -0.4 is 5.73 Å². The van der Waals surface area contributed by atoms with Gasteiger partial charge in [-0.25, -0.2) is 14.6 Å². The van der Waals surface area contributed by atoms with Crippen molar-refractivity contribution in [1.82, 2.24) is 19.7 Å². The van der Waals surface area contributed by atoms with Crippen LogP contribution in [-0.4, -0.2) is 19.7 Å². The molecule has 34 heavy (non-hydrogen) atoms. The van der Waals surface area contributed by atoms with Crippen LogP contribution in [0.5, 0.6) is 0 Å². The van der Waals surface area contributed by atoms with Crippen molar-refractivity contribution in [2.24, 2.45) is 0 Å². The number of anilines is 1. The quantitative estimate of drug-likeness (QED) is 0.317. The molecule has 5 nitrogen and oxygen atoms in total. The zero-order valence-electron chi connectivity index (χ0n) is 20.3. The molecule has 0 fully saturated rings. The van der Waals surface area contributed by atoms with E-state index < -0.39 is 0 Å². The predicted molar refractivity (Wildman–Crippen MR) is 141 cm³/mol. The molecule has 0 saturated carbocycles. The maximum Gasteiger partial charge on any atom is 0.164 e. The lowest BCUT2D eigenvalue weighted by Crippen LogP contribution is -2.04. The van der Waals surface area contributed by atoms with E-state index in [9.17, 15) is 0 Å². The summed E-state index contributed by atoms with van der Waals surface area (Å²) in [4.78, 5) is 8.67. The zero-order valence-corrected chi connectivity index (χ0v) is 20.3. The molecule has 0 saturated heterocycles. The Morgan fingerprint density at radius 1 is 0.882 bits per heavy atom. The number of aromatic nitrogens is 4. The second-order valence-corrected chi connectivity index (χ2v) is 9.52. The van der Waals surface area contributed by atoms with E-state index in [2.05, 4.69) is 92.3 Å². The maximum absolute atomic E-state index is 6.24. The predicted octanol–water partition coefficient (Wildman–Crippen LogP) is 6.60. The van der Waals surface area contributed by atoms with Gasteiger partial charge in [0.25, 0.3) is 0 Å². The lowest BCUT2D eigenvalue weighted by molar-refractivity contribution is 0.548. The van der Waals surface area contributed by atoms with Gasteiger partial charge >= 0.3 is 0 Å². The Morgan fingerprint density at radius 2 is 1.68 bits per heavy atom. The summed E-state index contributed by atoms with van der Waals surface area (Å²) in [5.41, 5.74) is 14.4. The van der Waals surface area contributed by atoms with Crippen LogP contribution in [0.1, 0.15) is 48.6 Å². The van der Waals surface area contributed by atoms with E-state index in [1.165, 1.54) is 39.4 Å². The normalized spacial score (nSPS) is 11.7. The highest BCUT2D eigenvalue weighted by atomic mass is 15.3. The van der Waals surface area contributed by atoms with Gasteiger partial charge in [-0.05, 0) is 80.5 Å². The monoisotopic (exact) mass is 449 g/mol. The SMILES string of the molecule is Cc1ccc(C)c(CCCc2ccc3cc(-c4nn(C(C)C)c5ncnc(N)c45)ccc3c2)c1. The van der Waals surface area contributed by atoms with E-state index in [0.717, 1.165) is 41.6 Å². The Bertz CT molecular complexity index is 1500. The first-order chi connectivity index (χ1) is 16.4. The van der Waals surface area contributed by atoms with Crippen molar-refractivity contribution in [3.63, 3.8) is 0 Å². The molecule has 0 amide bonds. The Balaban J connectivity index is 1.41. The highest BCUT2D eigenvalue weighted by Gasteiger charge is 2.18. The van der Waals surface area contributed by atoms with Crippen molar-refractivity contribution >= 4 is 27.6 Å². The van der Waals surface area contributed by atoms with Crippen LogP contribution >= 0.6 is 0 Å². The summed E-state index contributed by atoms with van der Waals surface area (Å²) in [6, 6.07) is 20.2. The van der Waals surface area contributed by atoms with E-state index >= 15 is 0 Å². The number of nitrogens with two attached hydrogens (primary N) is 1. The fraction of sp³-hybridized carbons (Fsp3) is 0.276. The molecule has 0 unspecified atom stereocenters. The number of hydrogen-bond donors (Lipinski definition) is 1. The average molecular weight is 450 g/mol. The molecule has 0 aliphatic carbocycles. The van der Waals surface area contributed by atoms with Gasteiger partial charge < -0.3 is 5.73 Å². The van der Waals surface area contributed by atoms with E-state index in [1.54, 1.807) is 0 Å². The topological polar surface area (TPSA) is 69.6 Å². The minimum absolute atomic E-state index is 0.178. The number of benzene rings is 3. The molecule has 0 aliphatic heterocycles. The largest absolute Gasteiger partial charge is 0.383 e. The number of fused-ring (bicyclic) bond motifs is 2. The molecule has 0 aliphatic rings. The first kappa shape index (κ1) is 22.1. The standard InChI is InChI=1S/C29H31N5/c1-18(2)34-29-26(28(30)31-17-32-29)27(33-34)25-13-12-23-15-21(10-11-24(23)16-25)6-5-7-22-14-19(3)8-9-20(22)4/h8-18H,5-7H2,1-4H3,(H2,30,31,32). The molecule has 2 heterocycles. The van der Waals surface area contributed by atoms with Crippen molar-refractivity contribution in [1.29, 1.82) is 0 Å². The Kier molecular flexibility index (Phi) is 5.78. The molecular formula is C29H31N5.